The maximum absolute atomic E-state index is 12.7. The van der Waals surface area contributed by atoms with Crippen molar-refractivity contribution < 1.29 is 19.2 Å². The summed E-state index contributed by atoms with van der Waals surface area (Å²) in [6.45, 7) is 7.89. The first-order valence-corrected chi connectivity index (χ1v) is 10.3. The van der Waals surface area contributed by atoms with Gasteiger partial charge in [0.05, 0.1) is 32.8 Å². The SMILES string of the molecule is CCOc1ccc(C(=O)N2CC[NH+](CC(=O)Nc3ccccc3CC)CC2)cc1. The number of hydrogen-bond donors (Lipinski definition) is 2. The van der Waals surface area contributed by atoms with E-state index in [4.69, 9.17) is 4.74 Å². The molecule has 0 atom stereocenters. The molecule has 2 amide bonds. The number of benzene rings is 2. The van der Waals surface area contributed by atoms with E-state index in [1.165, 1.54) is 4.90 Å². The molecule has 29 heavy (non-hydrogen) atoms. The Labute approximate surface area is 172 Å². The molecule has 1 aliphatic heterocycles. The molecule has 1 saturated heterocycles. The third-order valence-electron chi connectivity index (χ3n) is 5.25. The number of hydrogen-bond acceptors (Lipinski definition) is 3. The molecule has 0 bridgehead atoms. The van der Waals surface area contributed by atoms with Crippen LogP contribution in [0.25, 0.3) is 0 Å². The Hall–Kier alpha value is -2.86. The smallest absolute Gasteiger partial charge is 0.279 e. The zero-order valence-corrected chi connectivity index (χ0v) is 17.2. The summed E-state index contributed by atoms with van der Waals surface area (Å²) in [5, 5.41) is 3.03. The maximum atomic E-state index is 12.7. The summed E-state index contributed by atoms with van der Waals surface area (Å²) in [7, 11) is 0. The minimum atomic E-state index is 0.0205. The highest BCUT2D eigenvalue weighted by atomic mass is 16.5. The van der Waals surface area contributed by atoms with Gasteiger partial charge < -0.3 is 19.9 Å². The number of quaternary nitrogens is 1. The number of rotatable bonds is 7. The molecule has 6 nitrogen and oxygen atoms in total. The molecule has 1 aliphatic rings. The van der Waals surface area contributed by atoms with E-state index in [1.807, 2.05) is 60.4 Å². The van der Waals surface area contributed by atoms with Crippen molar-refractivity contribution in [1.82, 2.24) is 4.90 Å². The largest absolute Gasteiger partial charge is 0.494 e. The first kappa shape index (κ1) is 20.9. The fraction of sp³-hybridized carbons (Fsp3) is 0.391. The fourth-order valence-electron chi connectivity index (χ4n) is 3.62. The molecule has 2 aromatic rings. The third kappa shape index (κ3) is 5.57. The number of nitrogens with one attached hydrogen (secondary N) is 2. The lowest BCUT2D eigenvalue weighted by atomic mass is 10.1. The Morgan fingerprint density at radius 3 is 2.38 bits per heavy atom. The molecule has 1 fully saturated rings. The zero-order chi connectivity index (χ0) is 20.6. The molecule has 0 aliphatic carbocycles. The normalized spacial score (nSPS) is 14.5. The lowest BCUT2D eigenvalue weighted by Crippen LogP contribution is -3.15. The van der Waals surface area contributed by atoms with E-state index in [-0.39, 0.29) is 11.8 Å². The average Bonchev–Trinajstić information content (AvgIpc) is 2.75. The van der Waals surface area contributed by atoms with E-state index in [1.54, 1.807) is 0 Å². The molecule has 0 unspecified atom stereocenters. The van der Waals surface area contributed by atoms with Crippen molar-refractivity contribution in [1.29, 1.82) is 0 Å². The highest BCUT2D eigenvalue weighted by Gasteiger charge is 2.26. The van der Waals surface area contributed by atoms with Crippen molar-refractivity contribution in [2.24, 2.45) is 0 Å². The highest BCUT2D eigenvalue weighted by Crippen LogP contribution is 2.15. The molecule has 3 rings (SSSR count). The van der Waals surface area contributed by atoms with Crippen molar-refractivity contribution in [3.63, 3.8) is 0 Å². The van der Waals surface area contributed by atoms with E-state index in [2.05, 4.69) is 12.2 Å². The Bertz CT molecular complexity index is 828. The Morgan fingerprint density at radius 2 is 1.72 bits per heavy atom. The predicted octanol–water partition coefficient (Wildman–Crippen LogP) is 1.63. The zero-order valence-electron chi connectivity index (χ0n) is 17.2. The molecule has 2 N–H and O–H groups in total. The van der Waals surface area contributed by atoms with E-state index in [0.717, 1.165) is 36.5 Å². The Balaban J connectivity index is 1.48. The van der Waals surface area contributed by atoms with Gasteiger partial charge in [0.15, 0.2) is 6.54 Å². The van der Waals surface area contributed by atoms with Gasteiger partial charge in [-0.15, -0.1) is 0 Å². The molecule has 154 valence electrons. The highest BCUT2D eigenvalue weighted by molar-refractivity contribution is 5.94. The van der Waals surface area contributed by atoms with E-state index < -0.39 is 0 Å². The predicted molar refractivity (Wildman–Crippen MR) is 114 cm³/mol. The van der Waals surface area contributed by atoms with Crippen LogP contribution >= 0.6 is 0 Å². The number of aryl methyl sites for hydroxylation is 1. The average molecular weight is 397 g/mol. The fourth-order valence-corrected chi connectivity index (χ4v) is 3.62. The van der Waals surface area contributed by atoms with Crippen LogP contribution in [-0.2, 0) is 11.2 Å². The number of nitrogens with zero attached hydrogens (tertiary/aromatic N) is 1. The summed E-state index contributed by atoms with van der Waals surface area (Å²) in [6.07, 6.45) is 0.885. The number of para-hydroxylation sites is 1. The van der Waals surface area contributed by atoms with Gasteiger partial charge in [-0.3, -0.25) is 9.59 Å². The first-order valence-electron chi connectivity index (χ1n) is 10.3. The van der Waals surface area contributed by atoms with Crippen molar-refractivity contribution in [3.8, 4) is 5.75 Å². The van der Waals surface area contributed by atoms with E-state index >= 15 is 0 Å². The van der Waals surface area contributed by atoms with E-state index in [0.29, 0.717) is 31.8 Å². The molecular formula is C23H30N3O3+. The standard InChI is InChI=1S/C23H29N3O3/c1-3-18-7-5-6-8-21(18)24-22(27)17-25-13-15-26(16-14-25)23(28)19-9-11-20(12-10-19)29-4-2/h5-12H,3-4,13-17H2,1-2H3,(H,24,27)/p+1. The lowest BCUT2D eigenvalue weighted by Gasteiger charge is -2.32. The second-order valence-corrected chi connectivity index (χ2v) is 7.24. The summed E-state index contributed by atoms with van der Waals surface area (Å²) in [6, 6.07) is 15.2. The van der Waals surface area contributed by atoms with E-state index in [9.17, 15) is 9.59 Å². The Kier molecular flexibility index (Phi) is 7.25. The first-order chi connectivity index (χ1) is 14.1. The van der Waals surface area contributed by atoms with Gasteiger partial charge in [-0.1, -0.05) is 25.1 Å². The van der Waals surface area contributed by atoms with Gasteiger partial charge in [0.1, 0.15) is 5.75 Å². The van der Waals surface area contributed by atoms with Crippen LogP contribution < -0.4 is 15.0 Å². The molecule has 6 heteroatoms. The summed E-state index contributed by atoms with van der Waals surface area (Å²) >= 11 is 0. The van der Waals surface area contributed by atoms with Crippen molar-refractivity contribution >= 4 is 17.5 Å². The molecular weight excluding hydrogens is 366 g/mol. The number of carbonyl (C=O) groups excluding carboxylic acids is 2. The van der Waals surface area contributed by atoms with Crippen molar-refractivity contribution in [3.05, 3.63) is 59.7 Å². The van der Waals surface area contributed by atoms with Crippen LogP contribution in [-0.4, -0.2) is 56.0 Å². The topological polar surface area (TPSA) is 63.1 Å². The van der Waals surface area contributed by atoms with Crippen LogP contribution in [0.3, 0.4) is 0 Å². The number of amides is 2. The molecule has 0 aromatic heterocycles. The summed E-state index contributed by atoms with van der Waals surface area (Å²) < 4.78 is 5.43. The van der Waals surface area contributed by atoms with Crippen molar-refractivity contribution in [2.45, 2.75) is 20.3 Å². The molecule has 0 spiro atoms. The van der Waals surface area contributed by atoms with Gasteiger partial charge in [-0.25, -0.2) is 0 Å². The van der Waals surface area contributed by atoms with Crippen molar-refractivity contribution in [2.75, 3.05) is 44.6 Å². The number of ether oxygens (including phenoxy) is 1. The van der Waals surface area contributed by atoms with Crippen LogP contribution in [0.15, 0.2) is 48.5 Å². The van der Waals surface area contributed by atoms with Gasteiger partial charge >= 0.3 is 0 Å². The molecule has 0 saturated carbocycles. The summed E-state index contributed by atoms with van der Waals surface area (Å²) in [5.74, 6) is 0.828. The number of anilines is 1. The third-order valence-corrected chi connectivity index (χ3v) is 5.25. The summed E-state index contributed by atoms with van der Waals surface area (Å²) in [4.78, 5) is 28.2. The molecule has 2 aromatic carbocycles. The quantitative estimate of drug-likeness (QED) is 0.748. The van der Waals surface area contributed by atoms with Crippen LogP contribution in [0.2, 0.25) is 0 Å². The van der Waals surface area contributed by atoms with Crippen LogP contribution in [0, 0.1) is 0 Å². The number of piperazine rings is 1. The van der Waals surface area contributed by atoms with Crippen LogP contribution in [0.4, 0.5) is 5.69 Å². The second-order valence-electron chi connectivity index (χ2n) is 7.24. The molecule has 0 radical (unpaired) electrons. The summed E-state index contributed by atoms with van der Waals surface area (Å²) in [5.41, 5.74) is 2.70. The van der Waals surface area contributed by atoms with Crippen LogP contribution in [0.1, 0.15) is 29.8 Å². The number of carbonyl (C=O) groups is 2. The monoisotopic (exact) mass is 396 g/mol. The minimum Gasteiger partial charge on any atom is -0.494 e. The van der Waals surface area contributed by atoms with Gasteiger partial charge in [0.25, 0.3) is 11.8 Å². The minimum absolute atomic E-state index is 0.0205. The van der Waals surface area contributed by atoms with Gasteiger partial charge in [0.2, 0.25) is 0 Å². The molecule has 1 heterocycles. The van der Waals surface area contributed by atoms with Gasteiger partial charge in [0, 0.05) is 11.3 Å². The Morgan fingerprint density at radius 1 is 1.03 bits per heavy atom. The lowest BCUT2D eigenvalue weighted by molar-refractivity contribution is -0.895. The van der Waals surface area contributed by atoms with Gasteiger partial charge in [-0.05, 0) is 49.2 Å². The maximum Gasteiger partial charge on any atom is 0.279 e. The van der Waals surface area contributed by atoms with Crippen LogP contribution in [0.5, 0.6) is 5.75 Å². The second kappa shape index (κ2) is 10.1. The van der Waals surface area contributed by atoms with Gasteiger partial charge in [-0.2, -0.15) is 0 Å².